The van der Waals surface area contributed by atoms with Crippen LogP contribution in [0.1, 0.15) is 6.92 Å². The molecule has 3 nitrogen and oxygen atoms in total. The summed E-state index contributed by atoms with van der Waals surface area (Å²) in [6.45, 7) is 3.33. The summed E-state index contributed by atoms with van der Waals surface area (Å²) in [7, 11) is 0. The second-order valence-corrected chi connectivity index (χ2v) is 2.42. The Morgan fingerprint density at radius 3 is 3.18 bits per heavy atom. The van der Waals surface area contributed by atoms with Crippen molar-refractivity contribution in [3.05, 3.63) is 0 Å². The maximum atomic E-state index is 5.23. The van der Waals surface area contributed by atoms with Crippen LogP contribution in [0, 0.1) is 12.3 Å². The number of hydrogen-bond acceptors (Lipinski definition) is 3. The second-order valence-electron chi connectivity index (χ2n) is 2.42. The molecule has 0 aromatic heterocycles. The molecular weight excluding hydrogens is 144 g/mol. The lowest BCUT2D eigenvalue weighted by Gasteiger charge is -2.09. The molecule has 0 N–H and O–H groups in total. The van der Waals surface area contributed by atoms with Crippen molar-refractivity contribution in [2.24, 2.45) is 0 Å². The fraction of sp³-hybridized carbons (Fsp3) is 0.750. The average molecular weight is 156 g/mol. The van der Waals surface area contributed by atoms with E-state index in [-0.39, 0.29) is 12.2 Å². The fourth-order valence-corrected chi connectivity index (χ4v) is 0.768. The van der Waals surface area contributed by atoms with Crippen LogP contribution in [-0.2, 0) is 14.2 Å². The van der Waals surface area contributed by atoms with E-state index in [2.05, 4.69) is 5.92 Å². The van der Waals surface area contributed by atoms with Crippen molar-refractivity contribution in [2.75, 3.05) is 20.0 Å². The maximum absolute atomic E-state index is 5.23. The molecule has 2 unspecified atom stereocenters. The summed E-state index contributed by atoms with van der Waals surface area (Å²) < 4.78 is 15.3. The lowest BCUT2D eigenvalue weighted by Crippen LogP contribution is -2.20. The molecule has 0 amide bonds. The third-order valence-electron chi connectivity index (χ3n) is 1.46. The molecule has 1 aliphatic heterocycles. The topological polar surface area (TPSA) is 27.7 Å². The van der Waals surface area contributed by atoms with Crippen molar-refractivity contribution in [3.8, 4) is 12.3 Å². The smallest absolute Gasteiger partial charge is 0.147 e. The number of ether oxygens (including phenoxy) is 3. The van der Waals surface area contributed by atoms with Gasteiger partial charge in [0, 0.05) is 0 Å². The molecule has 0 bridgehead atoms. The molecule has 3 heteroatoms. The zero-order valence-corrected chi connectivity index (χ0v) is 6.58. The van der Waals surface area contributed by atoms with E-state index in [1.807, 2.05) is 6.92 Å². The summed E-state index contributed by atoms with van der Waals surface area (Å²) in [5.41, 5.74) is 0. The highest BCUT2D eigenvalue weighted by Crippen LogP contribution is 2.04. The van der Waals surface area contributed by atoms with Crippen LogP contribution in [0.4, 0.5) is 0 Å². The van der Waals surface area contributed by atoms with Crippen LogP contribution in [0.2, 0.25) is 0 Å². The summed E-state index contributed by atoms with van der Waals surface area (Å²) in [4.78, 5) is 0. The average Bonchev–Trinajstić information content (AvgIpc) is 2.52. The van der Waals surface area contributed by atoms with E-state index in [9.17, 15) is 0 Å². The van der Waals surface area contributed by atoms with Crippen LogP contribution in [-0.4, -0.2) is 32.2 Å². The van der Waals surface area contributed by atoms with Gasteiger partial charge in [0.2, 0.25) is 0 Å². The zero-order chi connectivity index (χ0) is 8.10. The van der Waals surface area contributed by atoms with E-state index < -0.39 is 0 Å². The Labute approximate surface area is 66.6 Å². The van der Waals surface area contributed by atoms with Gasteiger partial charge in [0.05, 0.1) is 13.2 Å². The van der Waals surface area contributed by atoms with Crippen LogP contribution in [0.15, 0.2) is 0 Å². The van der Waals surface area contributed by atoms with E-state index in [1.165, 1.54) is 0 Å². The summed E-state index contributed by atoms with van der Waals surface area (Å²) >= 11 is 0. The van der Waals surface area contributed by atoms with E-state index in [1.54, 1.807) is 0 Å². The Morgan fingerprint density at radius 2 is 2.64 bits per heavy atom. The summed E-state index contributed by atoms with van der Waals surface area (Å²) in [6.07, 6.45) is 5.03. The lowest BCUT2D eigenvalue weighted by molar-refractivity contribution is -0.00428. The van der Waals surface area contributed by atoms with E-state index in [4.69, 9.17) is 20.6 Å². The third kappa shape index (κ3) is 2.89. The van der Waals surface area contributed by atoms with E-state index in [0.717, 1.165) is 0 Å². The minimum Gasteiger partial charge on any atom is -0.363 e. The van der Waals surface area contributed by atoms with Gasteiger partial charge in [-0.15, -0.1) is 6.42 Å². The maximum Gasteiger partial charge on any atom is 0.147 e. The summed E-state index contributed by atoms with van der Waals surface area (Å²) in [5.74, 6) is 2.47. The second kappa shape index (κ2) is 4.35. The molecule has 1 aliphatic rings. The molecule has 62 valence electrons. The normalized spacial score (nSPS) is 26.4. The first-order chi connectivity index (χ1) is 5.33. The number of rotatable bonds is 3. The zero-order valence-electron chi connectivity index (χ0n) is 6.58. The van der Waals surface area contributed by atoms with E-state index >= 15 is 0 Å². The van der Waals surface area contributed by atoms with Crippen LogP contribution < -0.4 is 0 Å². The first-order valence-corrected chi connectivity index (χ1v) is 3.60. The fourth-order valence-electron chi connectivity index (χ4n) is 0.768. The minimum atomic E-state index is -0.140. The monoisotopic (exact) mass is 156 g/mol. The lowest BCUT2D eigenvalue weighted by atomic mass is 10.4. The highest BCUT2D eigenvalue weighted by Gasteiger charge is 2.16. The Morgan fingerprint density at radius 1 is 1.82 bits per heavy atom. The molecule has 0 aromatic rings. The third-order valence-corrected chi connectivity index (χ3v) is 1.46. The quantitative estimate of drug-likeness (QED) is 0.553. The van der Waals surface area contributed by atoms with Crippen molar-refractivity contribution in [1.29, 1.82) is 0 Å². The van der Waals surface area contributed by atoms with Gasteiger partial charge in [-0.25, -0.2) is 0 Å². The molecule has 1 fully saturated rings. The van der Waals surface area contributed by atoms with Gasteiger partial charge >= 0.3 is 0 Å². The molecule has 1 saturated heterocycles. The van der Waals surface area contributed by atoms with Crippen molar-refractivity contribution in [2.45, 2.75) is 19.1 Å². The Kier molecular flexibility index (Phi) is 3.37. The number of terminal acetylenes is 1. The number of hydrogen-bond donors (Lipinski definition) is 0. The first-order valence-electron chi connectivity index (χ1n) is 3.60. The minimum absolute atomic E-state index is 0.0609. The molecule has 0 saturated carbocycles. The van der Waals surface area contributed by atoms with Gasteiger partial charge in [0.15, 0.2) is 0 Å². The van der Waals surface area contributed by atoms with Gasteiger partial charge in [0.1, 0.15) is 19.0 Å². The molecule has 1 rings (SSSR count). The predicted molar refractivity (Wildman–Crippen MR) is 39.9 cm³/mol. The first kappa shape index (κ1) is 8.54. The Balaban J connectivity index is 2.07. The van der Waals surface area contributed by atoms with Crippen molar-refractivity contribution < 1.29 is 14.2 Å². The summed E-state index contributed by atoms with van der Waals surface area (Å²) in [5, 5.41) is 0. The largest absolute Gasteiger partial charge is 0.363 e. The SMILES string of the molecule is C#CC(C)OCC1COCO1. The van der Waals surface area contributed by atoms with E-state index in [0.29, 0.717) is 20.0 Å². The molecule has 0 aliphatic carbocycles. The van der Waals surface area contributed by atoms with Crippen LogP contribution in [0.5, 0.6) is 0 Å². The summed E-state index contributed by atoms with van der Waals surface area (Å²) in [6, 6.07) is 0. The standard InChI is InChI=1S/C8H12O3/c1-3-7(2)10-5-8-4-9-6-11-8/h1,7-8H,4-6H2,2H3. The van der Waals surface area contributed by atoms with Crippen LogP contribution in [0.25, 0.3) is 0 Å². The molecule has 0 radical (unpaired) electrons. The van der Waals surface area contributed by atoms with Gasteiger partial charge in [-0.1, -0.05) is 5.92 Å². The Bertz CT molecular complexity index is 144. The molecule has 2 atom stereocenters. The highest BCUT2D eigenvalue weighted by atomic mass is 16.7. The Hall–Kier alpha value is -0.560. The van der Waals surface area contributed by atoms with Gasteiger partial charge in [0.25, 0.3) is 0 Å². The van der Waals surface area contributed by atoms with Gasteiger partial charge in [-0.3, -0.25) is 0 Å². The van der Waals surface area contributed by atoms with Gasteiger partial charge in [-0.2, -0.15) is 0 Å². The van der Waals surface area contributed by atoms with Gasteiger partial charge in [-0.05, 0) is 6.92 Å². The molecule has 0 spiro atoms. The predicted octanol–water partition coefficient (Wildman–Crippen LogP) is 0.398. The molecule has 11 heavy (non-hydrogen) atoms. The van der Waals surface area contributed by atoms with Crippen molar-refractivity contribution in [1.82, 2.24) is 0 Å². The van der Waals surface area contributed by atoms with Crippen molar-refractivity contribution in [3.63, 3.8) is 0 Å². The van der Waals surface area contributed by atoms with Crippen LogP contribution >= 0.6 is 0 Å². The highest BCUT2D eigenvalue weighted by molar-refractivity contribution is 4.91. The molecule has 1 heterocycles. The van der Waals surface area contributed by atoms with Crippen molar-refractivity contribution >= 4 is 0 Å². The molecule has 0 aromatic carbocycles. The molecular formula is C8H12O3. The van der Waals surface area contributed by atoms with Crippen LogP contribution in [0.3, 0.4) is 0 Å². The van der Waals surface area contributed by atoms with Gasteiger partial charge < -0.3 is 14.2 Å².